The summed E-state index contributed by atoms with van der Waals surface area (Å²) in [5.41, 5.74) is 3.84. The number of amides is 2. The van der Waals surface area contributed by atoms with Crippen molar-refractivity contribution in [3.8, 4) is 11.1 Å². The molecule has 1 atom stereocenters. The van der Waals surface area contributed by atoms with Crippen molar-refractivity contribution in [2.75, 3.05) is 19.7 Å². The topological polar surface area (TPSA) is 125 Å². The number of hydrogen-bond donors (Lipinski definition) is 4. The lowest BCUT2D eigenvalue weighted by Gasteiger charge is -2.40. The summed E-state index contributed by atoms with van der Waals surface area (Å²) in [6.07, 6.45) is -0.0264. The van der Waals surface area contributed by atoms with Crippen LogP contribution in [0.3, 0.4) is 0 Å². The molecule has 4 N–H and O–H groups in total. The van der Waals surface area contributed by atoms with Gasteiger partial charge in [0.2, 0.25) is 5.91 Å². The number of benzene rings is 2. The molecule has 0 aliphatic heterocycles. The van der Waals surface area contributed by atoms with Crippen LogP contribution in [0.15, 0.2) is 48.5 Å². The van der Waals surface area contributed by atoms with E-state index in [2.05, 4.69) is 34.9 Å². The second kappa shape index (κ2) is 9.62. The minimum absolute atomic E-state index is 0.0372. The fourth-order valence-electron chi connectivity index (χ4n) is 4.61. The van der Waals surface area contributed by atoms with E-state index in [0.29, 0.717) is 12.8 Å². The van der Waals surface area contributed by atoms with Gasteiger partial charge in [-0.25, -0.2) is 9.59 Å². The van der Waals surface area contributed by atoms with Crippen molar-refractivity contribution in [3.05, 3.63) is 59.7 Å². The van der Waals surface area contributed by atoms with Crippen LogP contribution in [0, 0.1) is 5.41 Å². The van der Waals surface area contributed by atoms with Gasteiger partial charge in [-0.3, -0.25) is 4.79 Å². The Morgan fingerprint density at radius 2 is 1.61 bits per heavy atom. The average molecular weight is 453 g/mol. The van der Waals surface area contributed by atoms with Crippen LogP contribution in [0.5, 0.6) is 0 Å². The van der Waals surface area contributed by atoms with E-state index in [1.807, 2.05) is 24.3 Å². The van der Waals surface area contributed by atoms with Crippen LogP contribution in [0.25, 0.3) is 11.1 Å². The molecule has 0 saturated heterocycles. The van der Waals surface area contributed by atoms with E-state index in [0.717, 1.165) is 28.7 Å². The van der Waals surface area contributed by atoms with E-state index in [1.54, 1.807) is 0 Å². The summed E-state index contributed by atoms with van der Waals surface area (Å²) >= 11 is 0. The van der Waals surface area contributed by atoms with Gasteiger partial charge < -0.3 is 25.6 Å². The Morgan fingerprint density at radius 1 is 1.00 bits per heavy atom. The Hall–Kier alpha value is -3.39. The monoisotopic (exact) mass is 452 g/mol. The van der Waals surface area contributed by atoms with Gasteiger partial charge in [-0.2, -0.15) is 0 Å². The van der Waals surface area contributed by atoms with Gasteiger partial charge in [0, 0.05) is 25.4 Å². The number of carboxylic acid groups (broad SMARTS) is 1. The third-order valence-electron chi connectivity index (χ3n) is 6.70. The summed E-state index contributed by atoms with van der Waals surface area (Å²) in [5, 5.41) is 23.5. The van der Waals surface area contributed by atoms with E-state index in [-0.39, 0.29) is 37.9 Å². The largest absolute Gasteiger partial charge is 0.479 e. The first-order valence-corrected chi connectivity index (χ1v) is 11.2. The SMILES string of the molecule is O=C(NCC1(C(=O)NCCC(O)C(=O)O)CCC1)OCC1c2ccccc2-c2ccccc21. The van der Waals surface area contributed by atoms with Gasteiger partial charge in [-0.15, -0.1) is 0 Å². The minimum atomic E-state index is -1.51. The maximum Gasteiger partial charge on any atom is 0.407 e. The molecule has 1 fully saturated rings. The number of hydrogen-bond acceptors (Lipinski definition) is 5. The normalized spacial score (nSPS) is 16.6. The summed E-state index contributed by atoms with van der Waals surface area (Å²) in [6, 6.07) is 16.2. The van der Waals surface area contributed by atoms with Crippen LogP contribution in [0.2, 0.25) is 0 Å². The van der Waals surface area contributed by atoms with E-state index in [9.17, 15) is 19.5 Å². The molecule has 174 valence electrons. The molecule has 2 aromatic carbocycles. The van der Waals surface area contributed by atoms with Gasteiger partial charge in [0.15, 0.2) is 6.10 Å². The highest BCUT2D eigenvalue weighted by atomic mass is 16.5. The van der Waals surface area contributed by atoms with Crippen molar-refractivity contribution in [2.24, 2.45) is 5.41 Å². The van der Waals surface area contributed by atoms with Crippen molar-refractivity contribution < 1.29 is 29.3 Å². The average Bonchev–Trinajstić information content (AvgIpc) is 3.10. The molecule has 0 bridgehead atoms. The van der Waals surface area contributed by atoms with Crippen LogP contribution in [-0.2, 0) is 14.3 Å². The fraction of sp³-hybridized carbons (Fsp3) is 0.400. The van der Waals surface area contributed by atoms with Crippen LogP contribution in [0.1, 0.15) is 42.7 Å². The third kappa shape index (κ3) is 4.71. The fourth-order valence-corrected chi connectivity index (χ4v) is 4.61. The molecule has 0 aromatic heterocycles. The Kier molecular flexibility index (Phi) is 6.65. The molecule has 2 aromatic rings. The highest BCUT2D eigenvalue weighted by molar-refractivity contribution is 5.84. The zero-order chi connectivity index (χ0) is 23.4. The van der Waals surface area contributed by atoms with Gasteiger partial charge in [0.05, 0.1) is 5.41 Å². The van der Waals surface area contributed by atoms with Crippen molar-refractivity contribution in [1.29, 1.82) is 0 Å². The summed E-state index contributed by atoms with van der Waals surface area (Å²) in [6.45, 7) is 0.405. The molecule has 8 heteroatoms. The number of nitrogens with one attached hydrogen (secondary N) is 2. The first kappa shape index (κ1) is 22.8. The molecule has 4 rings (SSSR count). The van der Waals surface area contributed by atoms with Crippen LogP contribution in [-0.4, -0.2) is 54.0 Å². The van der Waals surface area contributed by atoms with Gasteiger partial charge in [-0.05, 0) is 35.1 Å². The number of aliphatic carboxylic acids is 1. The molecule has 8 nitrogen and oxygen atoms in total. The van der Waals surface area contributed by atoms with Gasteiger partial charge in [0.1, 0.15) is 6.61 Å². The van der Waals surface area contributed by atoms with E-state index < -0.39 is 23.6 Å². The molecule has 2 amide bonds. The van der Waals surface area contributed by atoms with Gasteiger partial charge >= 0.3 is 12.1 Å². The number of carboxylic acids is 1. The molecule has 33 heavy (non-hydrogen) atoms. The lowest BCUT2D eigenvalue weighted by atomic mass is 9.68. The maximum atomic E-state index is 12.6. The quantitative estimate of drug-likeness (QED) is 0.464. The van der Waals surface area contributed by atoms with Crippen molar-refractivity contribution in [3.63, 3.8) is 0 Å². The van der Waals surface area contributed by atoms with Crippen LogP contribution in [0.4, 0.5) is 4.79 Å². The summed E-state index contributed by atoms with van der Waals surface area (Å²) in [5.74, 6) is -1.60. The molecule has 0 spiro atoms. The molecule has 0 heterocycles. The minimum Gasteiger partial charge on any atom is -0.479 e. The molecular formula is C25H28N2O6. The predicted octanol–water partition coefficient (Wildman–Crippen LogP) is 2.65. The molecule has 1 unspecified atom stereocenters. The van der Waals surface area contributed by atoms with Crippen LogP contribution >= 0.6 is 0 Å². The Morgan fingerprint density at radius 3 is 2.15 bits per heavy atom. The predicted molar refractivity (Wildman–Crippen MR) is 121 cm³/mol. The third-order valence-corrected chi connectivity index (χ3v) is 6.70. The zero-order valence-corrected chi connectivity index (χ0v) is 18.3. The molecule has 1 saturated carbocycles. The highest BCUT2D eigenvalue weighted by Gasteiger charge is 2.44. The summed E-state index contributed by atoms with van der Waals surface area (Å²) < 4.78 is 5.54. The highest BCUT2D eigenvalue weighted by Crippen LogP contribution is 2.44. The van der Waals surface area contributed by atoms with Crippen LogP contribution < -0.4 is 10.6 Å². The van der Waals surface area contributed by atoms with Crippen molar-refractivity contribution in [2.45, 2.75) is 37.7 Å². The number of rotatable bonds is 9. The second-order valence-corrected chi connectivity index (χ2v) is 8.71. The lowest BCUT2D eigenvalue weighted by molar-refractivity contribution is -0.147. The maximum absolute atomic E-state index is 12.6. The first-order chi connectivity index (χ1) is 15.9. The van der Waals surface area contributed by atoms with Crippen molar-refractivity contribution in [1.82, 2.24) is 10.6 Å². The van der Waals surface area contributed by atoms with Crippen molar-refractivity contribution >= 4 is 18.0 Å². The zero-order valence-electron chi connectivity index (χ0n) is 18.3. The van der Waals surface area contributed by atoms with E-state index >= 15 is 0 Å². The number of carbonyl (C=O) groups is 3. The molecule has 0 radical (unpaired) electrons. The second-order valence-electron chi connectivity index (χ2n) is 8.71. The van der Waals surface area contributed by atoms with Gasteiger partial charge in [-0.1, -0.05) is 55.0 Å². The smallest absolute Gasteiger partial charge is 0.407 e. The first-order valence-electron chi connectivity index (χ1n) is 11.2. The summed E-state index contributed by atoms with van der Waals surface area (Å²) in [4.78, 5) is 35.8. The number of fused-ring (bicyclic) bond motifs is 3. The number of ether oxygens (including phenoxy) is 1. The van der Waals surface area contributed by atoms with Gasteiger partial charge in [0.25, 0.3) is 0 Å². The lowest BCUT2D eigenvalue weighted by Crippen LogP contribution is -2.52. The number of carbonyl (C=O) groups excluding carboxylic acids is 2. The number of aliphatic hydroxyl groups is 1. The van der Waals surface area contributed by atoms with E-state index in [1.165, 1.54) is 0 Å². The standard InChI is InChI=1S/C25H28N2O6/c28-21(22(29)30)10-13-26-23(31)25(11-5-12-25)15-27-24(32)33-14-20-18-8-3-1-6-16(18)17-7-2-4-9-19(17)20/h1-4,6-9,20-21,28H,5,10-15H2,(H,26,31)(H,27,32)(H,29,30). The summed E-state index contributed by atoms with van der Waals surface area (Å²) in [7, 11) is 0. The van der Waals surface area contributed by atoms with E-state index in [4.69, 9.17) is 9.84 Å². The molecule has 2 aliphatic rings. The Bertz CT molecular complexity index is 1000. The number of aliphatic hydroxyl groups excluding tert-OH is 1. The Balaban J connectivity index is 1.29. The molecule has 2 aliphatic carbocycles. The molecular weight excluding hydrogens is 424 g/mol. The number of alkyl carbamates (subject to hydrolysis) is 1. The Labute approximate surface area is 192 Å².